The third-order valence-corrected chi connectivity index (χ3v) is 5.08. The van der Waals surface area contributed by atoms with Crippen molar-refractivity contribution >= 4 is 32.9 Å². The minimum atomic E-state index is 0.0560. The maximum atomic E-state index is 9.99. The van der Waals surface area contributed by atoms with Gasteiger partial charge in [0, 0.05) is 5.56 Å². The number of aromatic hydroxyl groups is 2. The Morgan fingerprint density at radius 1 is 0.963 bits per heavy atom. The van der Waals surface area contributed by atoms with Crippen LogP contribution in [-0.4, -0.2) is 21.4 Å². The molecule has 0 aliphatic rings. The second-order valence-electron chi connectivity index (χ2n) is 6.00. The van der Waals surface area contributed by atoms with E-state index in [9.17, 15) is 10.2 Å². The van der Waals surface area contributed by atoms with Gasteiger partial charge in [-0.25, -0.2) is 9.99 Å². The van der Waals surface area contributed by atoms with Gasteiger partial charge < -0.3 is 10.2 Å². The topological polar surface area (TPSA) is 69.0 Å². The Morgan fingerprint density at radius 3 is 2.56 bits per heavy atom. The van der Waals surface area contributed by atoms with Crippen LogP contribution in [0.2, 0.25) is 0 Å². The van der Waals surface area contributed by atoms with Crippen molar-refractivity contribution in [1.82, 2.24) is 4.98 Å². The van der Waals surface area contributed by atoms with Gasteiger partial charge >= 0.3 is 0 Å². The Balaban J connectivity index is 1.71. The van der Waals surface area contributed by atoms with Gasteiger partial charge in [0.2, 0.25) is 5.13 Å². The van der Waals surface area contributed by atoms with Crippen molar-refractivity contribution in [3.63, 3.8) is 0 Å². The lowest BCUT2D eigenvalue weighted by molar-refractivity contribution is 0.459. The number of nitrogens with zero attached hydrogens (tertiary/aromatic N) is 3. The molecular weight excluding hydrogens is 358 g/mol. The molecule has 27 heavy (non-hydrogen) atoms. The van der Waals surface area contributed by atoms with Crippen LogP contribution in [0.15, 0.2) is 77.9 Å². The molecule has 0 saturated heterocycles. The van der Waals surface area contributed by atoms with Crippen molar-refractivity contribution in [2.45, 2.75) is 6.54 Å². The number of fused-ring (bicyclic) bond motifs is 1. The Morgan fingerprint density at radius 2 is 1.74 bits per heavy atom. The molecule has 134 valence electrons. The van der Waals surface area contributed by atoms with E-state index < -0.39 is 0 Å². The predicted molar refractivity (Wildman–Crippen MR) is 110 cm³/mol. The van der Waals surface area contributed by atoms with Gasteiger partial charge in [0.05, 0.1) is 23.0 Å². The van der Waals surface area contributed by atoms with E-state index in [4.69, 9.17) is 0 Å². The summed E-state index contributed by atoms with van der Waals surface area (Å²) >= 11 is 1.56. The molecule has 1 heterocycles. The monoisotopic (exact) mass is 375 g/mol. The maximum Gasteiger partial charge on any atom is 0.207 e. The molecule has 6 heteroatoms. The highest BCUT2D eigenvalue weighted by Gasteiger charge is 2.12. The third-order valence-electron chi connectivity index (χ3n) is 4.03. The SMILES string of the molecule is Oc1ccc(O)c(/C=N/N(Cc2ccccc2)c2nc3ccccc3s2)c1. The molecule has 2 N–H and O–H groups in total. The van der Waals surface area contributed by atoms with Crippen LogP contribution in [0.4, 0.5) is 5.13 Å². The molecule has 0 aliphatic heterocycles. The number of thiazole rings is 1. The summed E-state index contributed by atoms with van der Waals surface area (Å²) in [6.07, 6.45) is 1.53. The van der Waals surface area contributed by atoms with Gasteiger partial charge in [-0.15, -0.1) is 0 Å². The number of aromatic nitrogens is 1. The first kappa shape index (κ1) is 17.1. The Labute approximate surface area is 160 Å². The standard InChI is InChI=1S/C21H17N3O2S/c25-17-10-11-19(26)16(12-17)13-22-24(14-15-6-2-1-3-7-15)21-23-18-8-4-5-9-20(18)27-21/h1-13,25-26H,14H2/b22-13+. The van der Waals surface area contributed by atoms with E-state index >= 15 is 0 Å². The molecule has 0 bridgehead atoms. The summed E-state index contributed by atoms with van der Waals surface area (Å²) in [4.78, 5) is 4.68. The minimum Gasteiger partial charge on any atom is -0.508 e. The first-order valence-electron chi connectivity index (χ1n) is 8.42. The summed E-state index contributed by atoms with van der Waals surface area (Å²) in [7, 11) is 0. The summed E-state index contributed by atoms with van der Waals surface area (Å²) in [6.45, 7) is 0.538. The van der Waals surface area contributed by atoms with Crippen LogP contribution in [0.3, 0.4) is 0 Å². The van der Waals surface area contributed by atoms with Crippen LogP contribution < -0.4 is 5.01 Å². The quantitative estimate of drug-likeness (QED) is 0.300. The fraction of sp³-hybridized carbons (Fsp3) is 0.0476. The Kier molecular flexibility index (Phi) is 4.72. The van der Waals surface area contributed by atoms with Crippen LogP contribution >= 0.6 is 11.3 Å². The number of hydrogen-bond donors (Lipinski definition) is 2. The molecule has 4 aromatic rings. The second kappa shape index (κ2) is 7.47. The zero-order chi connectivity index (χ0) is 18.6. The molecule has 0 fully saturated rings. The average molecular weight is 375 g/mol. The molecule has 5 nitrogen and oxygen atoms in total. The number of hydrazone groups is 1. The lowest BCUT2D eigenvalue weighted by Gasteiger charge is -2.16. The highest BCUT2D eigenvalue weighted by molar-refractivity contribution is 7.22. The zero-order valence-electron chi connectivity index (χ0n) is 14.4. The highest BCUT2D eigenvalue weighted by atomic mass is 32.1. The largest absolute Gasteiger partial charge is 0.508 e. The van der Waals surface area contributed by atoms with E-state index in [1.165, 1.54) is 24.4 Å². The van der Waals surface area contributed by atoms with E-state index in [2.05, 4.69) is 10.1 Å². The van der Waals surface area contributed by atoms with Gasteiger partial charge in [-0.1, -0.05) is 53.8 Å². The molecule has 0 radical (unpaired) electrons. The number of phenols is 2. The predicted octanol–water partition coefficient (Wildman–Crippen LogP) is 4.75. The summed E-state index contributed by atoms with van der Waals surface area (Å²) < 4.78 is 1.08. The van der Waals surface area contributed by atoms with Gasteiger partial charge in [0.1, 0.15) is 11.5 Å². The van der Waals surface area contributed by atoms with Gasteiger partial charge in [0.25, 0.3) is 0 Å². The van der Waals surface area contributed by atoms with Gasteiger partial charge in [-0.2, -0.15) is 5.10 Å². The second-order valence-corrected chi connectivity index (χ2v) is 7.00. The summed E-state index contributed by atoms with van der Waals surface area (Å²) in [5, 5.41) is 26.7. The number of rotatable bonds is 5. The van der Waals surface area contributed by atoms with Crippen molar-refractivity contribution in [3.05, 3.63) is 83.9 Å². The first-order valence-corrected chi connectivity index (χ1v) is 9.24. The molecule has 0 atom stereocenters. The lowest BCUT2D eigenvalue weighted by atomic mass is 10.2. The van der Waals surface area contributed by atoms with Crippen molar-refractivity contribution in [1.29, 1.82) is 0 Å². The highest BCUT2D eigenvalue weighted by Crippen LogP contribution is 2.30. The van der Waals surface area contributed by atoms with Crippen molar-refractivity contribution in [2.24, 2.45) is 5.10 Å². The Hall–Kier alpha value is -3.38. The van der Waals surface area contributed by atoms with E-state index in [1.807, 2.05) is 54.6 Å². The van der Waals surface area contributed by atoms with Crippen molar-refractivity contribution in [3.8, 4) is 11.5 Å². The fourth-order valence-electron chi connectivity index (χ4n) is 2.66. The Bertz CT molecular complexity index is 1060. The number of phenolic OH excluding ortho intramolecular Hbond substituents is 2. The van der Waals surface area contributed by atoms with Gasteiger partial charge in [0.15, 0.2) is 0 Å². The molecule has 1 aromatic heterocycles. The number of hydrogen-bond acceptors (Lipinski definition) is 6. The molecular formula is C21H17N3O2S. The van der Waals surface area contributed by atoms with Gasteiger partial charge in [-0.05, 0) is 35.9 Å². The summed E-state index contributed by atoms with van der Waals surface area (Å²) in [5.41, 5.74) is 2.45. The first-order chi connectivity index (χ1) is 13.2. The minimum absolute atomic E-state index is 0.0560. The number of anilines is 1. The molecule has 4 rings (SSSR count). The molecule has 0 saturated carbocycles. The van der Waals surface area contributed by atoms with Crippen LogP contribution in [-0.2, 0) is 6.54 Å². The van der Waals surface area contributed by atoms with Crippen LogP contribution in [0.1, 0.15) is 11.1 Å². The van der Waals surface area contributed by atoms with E-state index in [0.29, 0.717) is 12.1 Å². The van der Waals surface area contributed by atoms with E-state index in [1.54, 1.807) is 16.3 Å². The van der Waals surface area contributed by atoms with Crippen molar-refractivity contribution in [2.75, 3.05) is 5.01 Å². The lowest BCUT2D eigenvalue weighted by Crippen LogP contribution is -2.15. The molecule has 0 aliphatic carbocycles. The maximum absolute atomic E-state index is 9.99. The van der Waals surface area contributed by atoms with E-state index in [-0.39, 0.29) is 11.5 Å². The molecule has 0 spiro atoms. The summed E-state index contributed by atoms with van der Waals surface area (Å²) in [6, 6.07) is 22.3. The number of para-hydroxylation sites is 1. The molecule has 3 aromatic carbocycles. The zero-order valence-corrected chi connectivity index (χ0v) is 15.2. The van der Waals surface area contributed by atoms with Crippen LogP contribution in [0, 0.1) is 0 Å². The summed E-state index contributed by atoms with van der Waals surface area (Å²) in [5.74, 6) is 0.129. The molecule has 0 amide bonds. The smallest absolute Gasteiger partial charge is 0.207 e. The third kappa shape index (κ3) is 3.91. The normalized spacial score (nSPS) is 11.3. The van der Waals surface area contributed by atoms with E-state index in [0.717, 1.165) is 20.9 Å². The number of benzene rings is 3. The average Bonchev–Trinajstić information content (AvgIpc) is 3.12. The fourth-order valence-corrected chi connectivity index (χ4v) is 3.58. The van der Waals surface area contributed by atoms with Crippen molar-refractivity contribution < 1.29 is 10.2 Å². The van der Waals surface area contributed by atoms with Crippen LogP contribution in [0.25, 0.3) is 10.2 Å². The van der Waals surface area contributed by atoms with Crippen LogP contribution in [0.5, 0.6) is 11.5 Å². The van der Waals surface area contributed by atoms with Gasteiger partial charge in [-0.3, -0.25) is 0 Å². The molecule has 0 unspecified atom stereocenters.